The van der Waals surface area contributed by atoms with Gasteiger partial charge >= 0.3 is 0 Å². The molecular weight excluding hydrogens is 852 g/mol. The van der Waals surface area contributed by atoms with Crippen LogP contribution in [0.4, 0.5) is 0 Å². The summed E-state index contributed by atoms with van der Waals surface area (Å²) in [4.78, 5) is 25.2. The Balaban J connectivity index is 3.68. The molecule has 0 aliphatic heterocycles. The normalized spacial score (nSPS) is 14.1. The van der Waals surface area contributed by atoms with Crippen LogP contribution in [0, 0.1) is 0 Å². The lowest BCUT2D eigenvalue weighted by Gasteiger charge is -2.29. The lowest BCUT2D eigenvalue weighted by molar-refractivity contribution is -0.870. The lowest BCUT2D eigenvalue weighted by Crippen LogP contribution is -2.45. The van der Waals surface area contributed by atoms with E-state index in [4.69, 9.17) is 9.05 Å². The number of quaternary nitrogens is 1. The number of hydrogen-bond acceptors (Lipinski definition) is 6. The average Bonchev–Trinajstić information content (AvgIpc) is 3.29. The van der Waals surface area contributed by atoms with Crippen molar-refractivity contribution in [2.45, 2.75) is 302 Å². The van der Waals surface area contributed by atoms with Crippen LogP contribution in [0.3, 0.4) is 0 Å². The van der Waals surface area contributed by atoms with Crippen molar-refractivity contribution in [3.63, 3.8) is 0 Å². The topological polar surface area (TPSA) is 108 Å². The predicted molar refractivity (Wildman–Crippen MR) is 289 cm³/mol. The number of phosphoric acid groups is 1. The number of hydrogen-bond donors (Lipinski definition) is 2. The van der Waals surface area contributed by atoms with E-state index in [9.17, 15) is 19.4 Å². The molecular formula is C58H115N2O6P. The monoisotopic (exact) mass is 967 g/mol. The van der Waals surface area contributed by atoms with Crippen molar-refractivity contribution >= 4 is 13.7 Å². The zero-order valence-electron chi connectivity index (χ0n) is 45.4. The van der Waals surface area contributed by atoms with Crippen LogP contribution in [0.1, 0.15) is 290 Å². The van der Waals surface area contributed by atoms with Gasteiger partial charge in [0.25, 0.3) is 7.82 Å². The Morgan fingerprint density at radius 2 is 0.821 bits per heavy atom. The van der Waals surface area contributed by atoms with Gasteiger partial charge in [-0.25, -0.2) is 0 Å². The van der Waals surface area contributed by atoms with Gasteiger partial charge in [-0.2, -0.15) is 0 Å². The second kappa shape index (κ2) is 49.9. The van der Waals surface area contributed by atoms with Crippen molar-refractivity contribution in [1.82, 2.24) is 5.32 Å². The number of nitrogens with one attached hydrogen (secondary N) is 1. The van der Waals surface area contributed by atoms with E-state index in [-0.39, 0.29) is 19.1 Å². The molecule has 3 atom stereocenters. The summed E-state index contributed by atoms with van der Waals surface area (Å²) < 4.78 is 23.1. The highest BCUT2D eigenvalue weighted by atomic mass is 31.2. The molecule has 0 spiro atoms. The average molecular weight is 968 g/mol. The summed E-state index contributed by atoms with van der Waals surface area (Å²) in [5, 5.41) is 13.7. The van der Waals surface area contributed by atoms with Gasteiger partial charge in [-0.1, -0.05) is 263 Å². The van der Waals surface area contributed by atoms with Crippen LogP contribution in [0.2, 0.25) is 0 Å². The summed E-state index contributed by atoms with van der Waals surface area (Å²) in [5.41, 5.74) is 0. The third kappa shape index (κ3) is 52.6. The molecule has 0 fully saturated rings. The van der Waals surface area contributed by atoms with E-state index in [1.165, 1.54) is 225 Å². The highest BCUT2D eigenvalue weighted by molar-refractivity contribution is 7.45. The number of carbonyl (C=O) groups excluding carboxylic acids is 1. The fourth-order valence-corrected chi connectivity index (χ4v) is 9.52. The van der Waals surface area contributed by atoms with E-state index in [1.54, 1.807) is 6.08 Å². The van der Waals surface area contributed by atoms with Crippen LogP contribution in [0.15, 0.2) is 24.3 Å². The summed E-state index contributed by atoms with van der Waals surface area (Å²) >= 11 is 0. The maximum atomic E-state index is 12.8. The second-order valence-electron chi connectivity index (χ2n) is 21.4. The Bertz CT molecular complexity index is 1140. The van der Waals surface area contributed by atoms with Gasteiger partial charge in [0.05, 0.1) is 39.9 Å². The minimum absolute atomic E-state index is 0.000625. The first-order chi connectivity index (χ1) is 32.5. The van der Waals surface area contributed by atoms with Crippen LogP contribution in [0.5, 0.6) is 0 Å². The first kappa shape index (κ1) is 66.0. The third-order valence-corrected chi connectivity index (χ3v) is 14.4. The fourth-order valence-electron chi connectivity index (χ4n) is 8.80. The van der Waals surface area contributed by atoms with Crippen LogP contribution in [-0.4, -0.2) is 68.5 Å². The number of nitrogens with zero attached hydrogens (tertiary/aromatic N) is 1. The molecule has 9 heteroatoms. The Labute approximate surface area is 417 Å². The molecule has 0 aliphatic carbocycles. The first-order valence-corrected chi connectivity index (χ1v) is 30.7. The lowest BCUT2D eigenvalue weighted by atomic mass is 10.0. The second-order valence-corrected chi connectivity index (χ2v) is 22.8. The number of carbonyl (C=O) groups is 1. The number of likely N-dealkylation sites (N-methyl/N-ethyl adjacent to an activating group) is 1. The molecule has 2 N–H and O–H groups in total. The molecule has 8 nitrogen and oxygen atoms in total. The summed E-state index contributed by atoms with van der Waals surface area (Å²) in [6, 6.07) is -0.879. The Kier molecular flexibility index (Phi) is 49.2. The van der Waals surface area contributed by atoms with E-state index in [0.717, 1.165) is 44.9 Å². The highest BCUT2D eigenvalue weighted by Crippen LogP contribution is 2.38. The maximum absolute atomic E-state index is 12.8. The Morgan fingerprint density at radius 1 is 0.507 bits per heavy atom. The van der Waals surface area contributed by atoms with Gasteiger partial charge in [0, 0.05) is 6.42 Å². The SMILES string of the molecule is CCCCCC/C=C/C(O)C(COP(=O)([O-])OCC[N+](C)(C)C)NC(=O)CCCCCCCCCCCCCCCCCCCCCCCCCCCCC/C=C\CCCCCCCCCC. The molecule has 67 heavy (non-hydrogen) atoms. The molecule has 0 rings (SSSR count). The minimum Gasteiger partial charge on any atom is -0.756 e. The van der Waals surface area contributed by atoms with Crippen LogP contribution >= 0.6 is 7.82 Å². The van der Waals surface area contributed by atoms with Crippen LogP contribution < -0.4 is 10.2 Å². The van der Waals surface area contributed by atoms with Gasteiger partial charge in [-0.05, 0) is 44.9 Å². The molecule has 0 radical (unpaired) electrons. The van der Waals surface area contributed by atoms with Gasteiger partial charge in [-0.3, -0.25) is 9.36 Å². The highest BCUT2D eigenvalue weighted by Gasteiger charge is 2.23. The quantitative estimate of drug-likeness (QED) is 0.0272. The zero-order valence-corrected chi connectivity index (χ0v) is 46.3. The van der Waals surface area contributed by atoms with Gasteiger partial charge in [0.2, 0.25) is 5.91 Å². The van der Waals surface area contributed by atoms with Crippen LogP contribution in [-0.2, 0) is 18.4 Å². The molecule has 1 amide bonds. The zero-order chi connectivity index (χ0) is 49.2. The standard InChI is InChI=1S/C58H115N2O6P/c1-6-8-10-12-14-15-16-17-18-19-20-21-22-23-24-25-26-27-28-29-30-31-32-33-34-35-36-37-38-39-40-41-42-43-44-45-46-48-50-52-58(62)59-56(57(61)51-49-47-13-11-9-7-2)55-66-67(63,64)65-54-53-60(3,4)5/h19-20,49,51,56-57,61H,6-18,21-48,50,52-55H2,1-5H3,(H-,59,62,63,64)/b20-19-,51-49+. The van der Waals surface area contributed by atoms with E-state index < -0.39 is 20.0 Å². The van der Waals surface area contributed by atoms with Crippen molar-refractivity contribution in [2.75, 3.05) is 40.9 Å². The summed E-state index contributed by atoms with van der Waals surface area (Å²) in [5.74, 6) is -0.198. The summed E-state index contributed by atoms with van der Waals surface area (Å²) in [7, 11) is 1.27. The Morgan fingerprint density at radius 3 is 1.18 bits per heavy atom. The number of phosphoric ester groups is 1. The fraction of sp³-hybridized carbons (Fsp3) is 0.914. The number of amides is 1. The smallest absolute Gasteiger partial charge is 0.268 e. The molecule has 398 valence electrons. The predicted octanol–water partition coefficient (Wildman–Crippen LogP) is 17.0. The molecule has 0 aliphatic rings. The molecule has 3 unspecified atom stereocenters. The molecule has 0 aromatic heterocycles. The molecule has 0 saturated carbocycles. The van der Waals surface area contributed by atoms with E-state index in [2.05, 4.69) is 31.3 Å². The van der Waals surface area contributed by atoms with Gasteiger partial charge in [0.15, 0.2) is 0 Å². The number of aliphatic hydroxyl groups is 1. The largest absolute Gasteiger partial charge is 0.756 e. The van der Waals surface area contributed by atoms with Crippen molar-refractivity contribution in [3.8, 4) is 0 Å². The molecule has 0 bridgehead atoms. The minimum atomic E-state index is -4.57. The van der Waals surface area contributed by atoms with E-state index in [1.807, 2.05) is 27.2 Å². The van der Waals surface area contributed by atoms with Crippen molar-refractivity contribution in [1.29, 1.82) is 0 Å². The summed E-state index contributed by atoms with van der Waals surface area (Å²) in [6.45, 7) is 4.58. The van der Waals surface area contributed by atoms with Crippen molar-refractivity contribution in [2.24, 2.45) is 0 Å². The number of allylic oxidation sites excluding steroid dienone is 3. The van der Waals surface area contributed by atoms with E-state index >= 15 is 0 Å². The van der Waals surface area contributed by atoms with Gasteiger partial charge in [0.1, 0.15) is 13.2 Å². The van der Waals surface area contributed by atoms with Gasteiger partial charge in [-0.15, -0.1) is 0 Å². The summed E-state index contributed by atoms with van der Waals surface area (Å²) in [6.07, 6.45) is 63.4. The third-order valence-electron chi connectivity index (χ3n) is 13.4. The molecule has 0 saturated heterocycles. The van der Waals surface area contributed by atoms with Crippen molar-refractivity contribution in [3.05, 3.63) is 24.3 Å². The van der Waals surface area contributed by atoms with Crippen molar-refractivity contribution < 1.29 is 32.9 Å². The number of rotatable bonds is 54. The Hall–Kier alpha value is -1.02. The van der Waals surface area contributed by atoms with Gasteiger partial charge < -0.3 is 28.8 Å². The van der Waals surface area contributed by atoms with E-state index in [0.29, 0.717) is 17.4 Å². The molecule has 0 aromatic rings. The molecule has 0 aromatic carbocycles. The number of unbranched alkanes of at least 4 members (excludes halogenated alkanes) is 39. The molecule has 0 heterocycles. The first-order valence-electron chi connectivity index (χ1n) is 29.2. The number of aliphatic hydroxyl groups excluding tert-OH is 1. The van der Waals surface area contributed by atoms with Crippen LogP contribution in [0.25, 0.3) is 0 Å². The maximum Gasteiger partial charge on any atom is 0.268 e.